The van der Waals surface area contributed by atoms with Crippen LogP contribution in [0.15, 0.2) is 72.3 Å². The van der Waals surface area contributed by atoms with Crippen molar-refractivity contribution < 1.29 is 14.7 Å². The number of aliphatic hydroxyl groups excluding tert-OH is 1. The molecule has 1 aliphatic rings. The zero-order chi connectivity index (χ0) is 22.8. The molecule has 3 aromatic rings. The van der Waals surface area contributed by atoms with E-state index in [2.05, 4.69) is 0 Å². The van der Waals surface area contributed by atoms with Crippen LogP contribution in [0, 0.1) is 0 Å². The standard InChI is InChI=1S/C27H28N2O3/c1-4-5-17-29-24(19-13-15-20(16-14-19)28(2)3)23(26(31)27(29)32)25(30)22-12-8-10-18-9-6-7-11-21(18)22/h6-16,24,30H,4-5,17H2,1-3H3/b25-23-. The predicted molar refractivity (Wildman–Crippen MR) is 129 cm³/mol. The van der Waals surface area contributed by atoms with Crippen LogP contribution in [0.2, 0.25) is 0 Å². The molecule has 3 aromatic carbocycles. The third-order valence-electron chi connectivity index (χ3n) is 6.06. The Morgan fingerprint density at radius 1 is 0.969 bits per heavy atom. The molecule has 0 aliphatic carbocycles. The zero-order valence-electron chi connectivity index (χ0n) is 18.7. The smallest absolute Gasteiger partial charge is 0.295 e. The first kappa shape index (κ1) is 21.6. The molecule has 1 heterocycles. The maximum Gasteiger partial charge on any atom is 0.295 e. The van der Waals surface area contributed by atoms with E-state index in [-0.39, 0.29) is 11.3 Å². The molecular weight excluding hydrogens is 400 g/mol. The Labute approximate surface area is 188 Å². The fourth-order valence-corrected chi connectivity index (χ4v) is 4.32. The summed E-state index contributed by atoms with van der Waals surface area (Å²) in [7, 11) is 3.92. The van der Waals surface area contributed by atoms with Crippen LogP contribution in [0.1, 0.15) is 36.9 Å². The van der Waals surface area contributed by atoms with Crippen LogP contribution in [0.5, 0.6) is 0 Å². The van der Waals surface area contributed by atoms with Crippen LogP contribution < -0.4 is 4.90 Å². The Balaban J connectivity index is 1.90. The van der Waals surface area contributed by atoms with Crippen molar-refractivity contribution >= 4 is 33.9 Å². The molecule has 5 heteroatoms. The average Bonchev–Trinajstić information content (AvgIpc) is 3.06. The summed E-state index contributed by atoms with van der Waals surface area (Å²) in [6, 6.07) is 20.5. The summed E-state index contributed by atoms with van der Waals surface area (Å²) in [6.45, 7) is 2.51. The van der Waals surface area contributed by atoms with Gasteiger partial charge >= 0.3 is 0 Å². The number of anilines is 1. The molecule has 5 nitrogen and oxygen atoms in total. The molecule has 4 rings (SSSR count). The molecule has 1 atom stereocenters. The largest absolute Gasteiger partial charge is 0.507 e. The van der Waals surface area contributed by atoms with Crippen LogP contribution in [-0.4, -0.2) is 42.3 Å². The van der Waals surface area contributed by atoms with Gasteiger partial charge in [-0.15, -0.1) is 0 Å². The van der Waals surface area contributed by atoms with Crippen molar-refractivity contribution in [1.29, 1.82) is 0 Å². The van der Waals surface area contributed by atoms with Gasteiger partial charge in [0.25, 0.3) is 11.7 Å². The first-order valence-electron chi connectivity index (χ1n) is 11.0. The number of carbonyl (C=O) groups is 2. The van der Waals surface area contributed by atoms with Crippen LogP contribution in [-0.2, 0) is 9.59 Å². The molecule has 164 valence electrons. The number of aliphatic hydroxyl groups is 1. The highest BCUT2D eigenvalue weighted by molar-refractivity contribution is 6.46. The van der Waals surface area contributed by atoms with Gasteiger partial charge in [-0.2, -0.15) is 0 Å². The molecule has 0 saturated carbocycles. The molecule has 0 aromatic heterocycles. The predicted octanol–water partition coefficient (Wildman–Crippen LogP) is 5.13. The number of amides is 1. The van der Waals surface area contributed by atoms with E-state index in [0.717, 1.165) is 34.9 Å². The van der Waals surface area contributed by atoms with Gasteiger partial charge < -0.3 is 14.9 Å². The highest BCUT2D eigenvalue weighted by atomic mass is 16.3. The topological polar surface area (TPSA) is 60.9 Å². The number of unbranched alkanes of at least 4 members (excludes halogenated alkanes) is 1. The number of likely N-dealkylation sites (tertiary alicyclic amines) is 1. The Bertz CT molecular complexity index is 1190. The molecule has 0 spiro atoms. The van der Waals surface area contributed by atoms with Crippen LogP contribution >= 0.6 is 0 Å². The zero-order valence-corrected chi connectivity index (χ0v) is 18.7. The lowest BCUT2D eigenvalue weighted by atomic mass is 9.93. The van der Waals surface area contributed by atoms with Gasteiger partial charge in [0.15, 0.2) is 0 Å². The number of nitrogens with zero attached hydrogens (tertiary/aromatic N) is 2. The Morgan fingerprint density at radius 2 is 1.66 bits per heavy atom. The van der Waals surface area contributed by atoms with Crippen molar-refractivity contribution in [3.8, 4) is 0 Å². The maximum absolute atomic E-state index is 13.2. The molecule has 0 radical (unpaired) electrons. The molecule has 1 N–H and O–H groups in total. The number of carbonyl (C=O) groups excluding carboxylic acids is 2. The summed E-state index contributed by atoms with van der Waals surface area (Å²) in [5.41, 5.74) is 2.55. The number of Topliss-reactive ketones (excluding diaryl/α,β-unsaturated/α-hetero) is 1. The van der Waals surface area contributed by atoms with Crippen LogP contribution in [0.25, 0.3) is 16.5 Å². The van der Waals surface area contributed by atoms with Crippen molar-refractivity contribution in [2.75, 3.05) is 25.5 Å². The number of rotatable bonds is 6. The first-order valence-corrected chi connectivity index (χ1v) is 11.0. The van der Waals surface area contributed by atoms with E-state index >= 15 is 0 Å². The van der Waals surface area contributed by atoms with Crippen molar-refractivity contribution in [2.45, 2.75) is 25.8 Å². The van der Waals surface area contributed by atoms with E-state index in [1.165, 1.54) is 0 Å². The maximum atomic E-state index is 13.2. The minimum atomic E-state index is -0.631. The van der Waals surface area contributed by atoms with Gasteiger partial charge in [0, 0.05) is 31.9 Å². The quantitative estimate of drug-likeness (QED) is 0.336. The van der Waals surface area contributed by atoms with Crippen LogP contribution in [0.4, 0.5) is 5.69 Å². The number of benzene rings is 3. The van der Waals surface area contributed by atoms with E-state index in [4.69, 9.17) is 0 Å². The third kappa shape index (κ3) is 3.75. The molecule has 1 saturated heterocycles. The summed E-state index contributed by atoms with van der Waals surface area (Å²) in [6.07, 6.45) is 1.69. The second-order valence-electron chi connectivity index (χ2n) is 8.36. The molecule has 1 fully saturated rings. The molecule has 0 bridgehead atoms. The molecule has 1 aliphatic heterocycles. The lowest BCUT2D eigenvalue weighted by Crippen LogP contribution is -2.30. The van der Waals surface area contributed by atoms with Gasteiger partial charge in [-0.1, -0.05) is 67.9 Å². The van der Waals surface area contributed by atoms with Gasteiger partial charge in [-0.25, -0.2) is 0 Å². The molecule has 32 heavy (non-hydrogen) atoms. The van der Waals surface area contributed by atoms with Crippen molar-refractivity contribution in [2.24, 2.45) is 0 Å². The van der Waals surface area contributed by atoms with Gasteiger partial charge in [-0.05, 0) is 34.9 Å². The Morgan fingerprint density at radius 3 is 2.34 bits per heavy atom. The number of fused-ring (bicyclic) bond motifs is 1. The van der Waals surface area contributed by atoms with Gasteiger partial charge in [0.2, 0.25) is 0 Å². The Kier molecular flexibility index (Phi) is 5.99. The SMILES string of the molecule is CCCCN1C(=O)C(=O)/C(=C(\O)c2cccc3ccccc23)C1c1ccc(N(C)C)cc1. The normalized spacial score (nSPS) is 17.8. The minimum Gasteiger partial charge on any atom is -0.507 e. The highest BCUT2D eigenvalue weighted by Gasteiger charge is 2.45. The number of hydrogen-bond acceptors (Lipinski definition) is 4. The highest BCUT2D eigenvalue weighted by Crippen LogP contribution is 2.41. The van der Waals surface area contributed by atoms with Crippen molar-refractivity contribution in [3.05, 3.63) is 83.4 Å². The first-order chi connectivity index (χ1) is 15.4. The average molecular weight is 429 g/mol. The van der Waals surface area contributed by atoms with E-state index in [1.54, 1.807) is 11.0 Å². The summed E-state index contributed by atoms with van der Waals surface area (Å²) < 4.78 is 0. The molecule has 1 unspecified atom stereocenters. The summed E-state index contributed by atoms with van der Waals surface area (Å²) in [5, 5.41) is 13.2. The molecule has 1 amide bonds. The second kappa shape index (κ2) is 8.87. The van der Waals surface area contributed by atoms with Crippen molar-refractivity contribution in [3.63, 3.8) is 0 Å². The fourth-order valence-electron chi connectivity index (χ4n) is 4.32. The lowest BCUT2D eigenvalue weighted by molar-refractivity contribution is -0.139. The van der Waals surface area contributed by atoms with E-state index in [0.29, 0.717) is 12.1 Å². The van der Waals surface area contributed by atoms with Crippen molar-refractivity contribution in [1.82, 2.24) is 4.90 Å². The molecular formula is C27H28N2O3. The second-order valence-corrected chi connectivity index (χ2v) is 8.36. The van der Waals surface area contributed by atoms with Crippen LogP contribution in [0.3, 0.4) is 0 Å². The number of hydrogen-bond donors (Lipinski definition) is 1. The van der Waals surface area contributed by atoms with Gasteiger partial charge in [0.1, 0.15) is 5.76 Å². The van der Waals surface area contributed by atoms with E-state index in [9.17, 15) is 14.7 Å². The summed E-state index contributed by atoms with van der Waals surface area (Å²) in [4.78, 5) is 29.8. The fraction of sp³-hybridized carbons (Fsp3) is 0.259. The van der Waals surface area contributed by atoms with Gasteiger partial charge in [0.05, 0.1) is 11.6 Å². The van der Waals surface area contributed by atoms with E-state index < -0.39 is 17.7 Å². The summed E-state index contributed by atoms with van der Waals surface area (Å²) in [5.74, 6) is -1.31. The third-order valence-corrected chi connectivity index (χ3v) is 6.06. The Hall–Kier alpha value is -3.60. The van der Waals surface area contributed by atoms with Gasteiger partial charge in [-0.3, -0.25) is 9.59 Å². The monoisotopic (exact) mass is 428 g/mol. The lowest BCUT2D eigenvalue weighted by Gasteiger charge is -2.26. The van der Waals surface area contributed by atoms with E-state index in [1.807, 2.05) is 86.6 Å². The number of ketones is 1. The summed E-state index contributed by atoms with van der Waals surface area (Å²) >= 11 is 0. The minimum absolute atomic E-state index is 0.124.